The first-order valence-electron chi connectivity index (χ1n) is 7.86. The highest BCUT2D eigenvalue weighted by atomic mass is 35.5. The molecule has 1 fully saturated rings. The average Bonchev–Trinajstić information content (AvgIpc) is 2.50. The molecule has 0 spiro atoms. The second-order valence-electron chi connectivity index (χ2n) is 6.02. The Labute approximate surface area is 146 Å². The minimum Gasteiger partial charge on any atom is -0.481 e. The van der Waals surface area contributed by atoms with Crippen LogP contribution in [0.5, 0.6) is 0 Å². The van der Waals surface area contributed by atoms with Gasteiger partial charge in [-0.05, 0) is 50.3 Å². The molecule has 6 heteroatoms. The number of rotatable bonds is 5. The molecule has 0 saturated carbocycles. The van der Waals surface area contributed by atoms with E-state index < -0.39 is 11.9 Å². The zero-order valence-corrected chi connectivity index (χ0v) is 14.6. The van der Waals surface area contributed by atoms with Gasteiger partial charge in [0.15, 0.2) is 0 Å². The number of piperidine rings is 1. The molecule has 1 aliphatic rings. The number of amides is 1. The summed E-state index contributed by atoms with van der Waals surface area (Å²) in [5, 5.41) is 10.3. The van der Waals surface area contributed by atoms with Crippen LogP contribution in [0.1, 0.15) is 38.2 Å². The Morgan fingerprint density at radius 3 is 2.70 bits per heavy atom. The summed E-state index contributed by atoms with van der Waals surface area (Å²) >= 11 is 11.9. The molecule has 1 aromatic carbocycles. The van der Waals surface area contributed by atoms with Gasteiger partial charge in [-0.3, -0.25) is 9.59 Å². The number of carbonyl (C=O) groups excluding carboxylic acids is 1. The molecule has 0 aromatic heterocycles. The van der Waals surface area contributed by atoms with E-state index >= 15 is 0 Å². The summed E-state index contributed by atoms with van der Waals surface area (Å²) in [5.41, 5.74) is 1.04. The van der Waals surface area contributed by atoms with Crippen LogP contribution >= 0.6 is 23.2 Å². The molecule has 1 amide bonds. The van der Waals surface area contributed by atoms with E-state index in [0.29, 0.717) is 35.9 Å². The highest BCUT2D eigenvalue weighted by molar-refractivity contribution is 6.42. The van der Waals surface area contributed by atoms with Crippen molar-refractivity contribution >= 4 is 35.1 Å². The maximum atomic E-state index is 12.4. The topological polar surface area (TPSA) is 57.6 Å². The van der Waals surface area contributed by atoms with Gasteiger partial charge in [0.2, 0.25) is 5.91 Å². The van der Waals surface area contributed by atoms with Gasteiger partial charge in [0.1, 0.15) is 0 Å². The molecule has 2 atom stereocenters. The molecule has 1 N–H and O–H groups in total. The number of carboxylic acid groups (broad SMARTS) is 1. The Kier molecular flexibility index (Phi) is 6.31. The number of carbonyl (C=O) groups is 2. The van der Waals surface area contributed by atoms with Crippen LogP contribution < -0.4 is 0 Å². The highest BCUT2D eigenvalue weighted by Crippen LogP contribution is 2.26. The Morgan fingerprint density at radius 1 is 1.30 bits per heavy atom. The Bertz CT molecular complexity index is 591. The largest absolute Gasteiger partial charge is 0.481 e. The number of nitrogens with zero attached hydrogens (tertiary/aromatic N) is 1. The highest BCUT2D eigenvalue weighted by Gasteiger charge is 2.34. The lowest BCUT2D eigenvalue weighted by Gasteiger charge is -2.37. The van der Waals surface area contributed by atoms with Crippen molar-refractivity contribution in [2.75, 3.05) is 6.54 Å². The van der Waals surface area contributed by atoms with Gasteiger partial charge in [0, 0.05) is 19.0 Å². The molecule has 1 saturated heterocycles. The van der Waals surface area contributed by atoms with Gasteiger partial charge in [0.25, 0.3) is 0 Å². The molecule has 0 unspecified atom stereocenters. The second-order valence-corrected chi connectivity index (χ2v) is 6.83. The van der Waals surface area contributed by atoms with Crippen molar-refractivity contribution in [3.05, 3.63) is 33.8 Å². The summed E-state index contributed by atoms with van der Waals surface area (Å²) in [6, 6.07) is 5.24. The van der Waals surface area contributed by atoms with Gasteiger partial charge >= 0.3 is 5.97 Å². The smallest absolute Gasteiger partial charge is 0.308 e. The molecular weight excluding hydrogens is 337 g/mol. The van der Waals surface area contributed by atoms with Crippen molar-refractivity contribution in [2.24, 2.45) is 5.92 Å². The number of halogens is 2. The van der Waals surface area contributed by atoms with Crippen LogP contribution in [0.3, 0.4) is 0 Å². The molecule has 1 aliphatic heterocycles. The van der Waals surface area contributed by atoms with E-state index in [9.17, 15) is 14.7 Å². The van der Waals surface area contributed by atoms with Crippen molar-refractivity contribution in [3.63, 3.8) is 0 Å². The lowest BCUT2D eigenvalue weighted by Crippen LogP contribution is -2.49. The number of aliphatic carboxylic acids is 1. The van der Waals surface area contributed by atoms with Crippen LogP contribution in [0.4, 0.5) is 0 Å². The molecule has 1 heterocycles. The predicted octanol–water partition coefficient (Wildman–Crippen LogP) is 4.03. The van der Waals surface area contributed by atoms with Crippen molar-refractivity contribution in [1.29, 1.82) is 0 Å². The standard InChI is InChI=1S/C17H21Cl2NO3/c1-11-13(17(22)23)5-3-9-20(11)16(21)6-2-4-12-7-8-14(18)15(19)10-12/h7-8,10-11,13H,2-6,9H2,1H3,(H,22,23)/t11-,13-/m1/s1. The third kappa shape index (κ3) is 4.61. The maximum Gasteiger partial charge on any atom is 0.308 e. The number of hydrogen-bond donors (Lipinski definition) is 1. The van der Waals surface area contributed by atoms with Gasteiger partial charge in [-0.1, -0.05) is 29.3 Å². The first-order chi connectivity index (χ1) is 10.9. The van der Waals surface area contributed by atoms with Crippen molar-refractivity contribution < 1.29 is 14.7 Å². The van der Waals surface area contributed by atoms with Crippen LogP contribution in [-0.4, -0.2) is 34.5 Å². The van der Waals surface area contributed by atoms with Gasteiger partial charge in [-0.2, -0.15) is 0 Å². The van der Waals surface area contributed by atoms with Crippen LogP contribution in [-0.2, 0) is 16.0 Å². The van der Waals surface area contributed by atoms with Crippen LogP contribution in [0.15, 0.2) is 18.2 Å². The predicted molar refractivity (Wildman–Crippen MR) is 90.9 cm³/mol. The number of benzene rings is 1. The molecular formula is C17H21Cl2NO3. The third-order valence-electron chi connectivity index (χ3n) is 4.47. The van der Waals surface area contributed by atoms with Crippen LogP contribution in [0, 0.1) is 5.92 Å². The van der Waals surface area contributed by atoms with E-state index in [1.54, 1.807) is 11.0 Å². The SMILES string of the molecule is C[C@@H]1[C@H](C(=O)O)CCCN1C(=O)CCCc1ccc(Cl)c(Cl)c1. The molecule has 0 radical (unpaired) electrons. The van der Waals surface area contributed by atoms with Gasteiger partial charge < -0.3 is 10.0 Å². The lowest BCUT2D eigenvalue weighted by atomic mass is 9.90. The molecule has 0 bridgehead atoms. The Balaban J connectivity index is 1.86. The zero-order chi connectivity index (χ0) is 17.0. The summed E-state index contributed by atoms with van der Waals surface area (Å²) in [6.45, 7) is 2.48. The average molecular weight is 358 g/mol. The summed E-state index contributed by atoms with van der Waals surface area (Å²) in [5.74, 6) is -1.24. The Morgan fingerprint density at radius 2 is 2.04 bits per heavy atom. The fraction of sp³-hybridized carbons (Fsp3) is 0.529. The molecule has 23 heavy (non-hydrogen) atoms. The first kappa shape index (κ1) is 18.1. The second kappa shape index (κ2) is 8.02. The molecule has 1 aromatic rings. The van der Waals surface area contributed by atoms with Gasteiger partial charge in [-0.25, -0.2) is 0 Å². The summed E-state index contributed by atoms with van der Waals surface area (Å²) in [4.78, 5) is 25.3. The van der Waals surface area contributed by atoms with Crippen molar-refractivity contribution in [3.8, 4) is 0 Å². The van der Waals surface area contributed by atoms with E-state index in [1.807, 2.05) is 19.1 Å². The maximum absolute atomic E-state index is 12.4. The third-order valence-corrected chi connectivity index (χ3v) is 5.20. The molecule has 0 aliphatic carbocycles. The van der Waals surface area contributed by atoms with Crippen LogP contribution in [0.25, 0.3) is 0 Å². The summed E-state index contributed by atoms with van der Waals surface area (Å²) in [7, 11) is 0. The number of carboxylic acids is 1. The van der Waals surface area contributed by atoms with E-state index in [-0.39, 0.29) is 11.9 Å². The first-order valence-corrected chi connectivity index (χ1v) is 8.62. The van der Waals surface area contributed by atoms with E-state index in [0.717, 1.165) is 18.4 Å². The molecule has 126 valence electrons. The van der Waals surface area contributed by atoms with Crippen molar-refractivity contribution in [2.45, 2.75) is 45.1 Å². The van der Waals surface area contributed by atoms with Crippen LogP contribution in [0.2, 0.25) is 10.0 Å². The minimum atomic E-state index is -0.814. The number of likely N-dealkylation sites (tertiary alicyclic amines) is 1. The number of aryl methyl sites for hydroxylation is 1. The monoisotopic (exact) mass is 357 g/mol. The van der Waals surface area contributed by atoms with E-state index in [4.69, 9.17) is 23.2 Å². The summed E-state index contributed by atoms with van der Waals surface area (Å²) in [6.07, 6.45) is 3.26. The van der Waals surface area contributed by atoms with Gasteiger partial charge in [-0.15, -0.1) is 0 Å². The fourth-order valence-corrected chi connectivity index (χ4v) is 3.43. The normalized spacial score (nSPS) is 21.3. The zero-order valence-electron chi connectivity index (χ0n) is 13.1. The lowest BCUT2D eigenvalue weighted by molar-refractivity contribution is -0.149. The quantitative estimate of drug-likeness (QED) is 0.865. The minimum absolute atomic E-state index is 0.0310. The molecule has 2 rings (SSSR count). The van der Waals surface area contributed by atoms with Gasteiger partial charge in [0.05, 0.1) is 16.0 Å². The Hall–Kier alpha value is -1.26. The number of hydrogen-bond acceptors (Lipinski definition) is 2. The van der Waals surface area contributed by atoms with Crippen molar-refractivity contribution in [1.82, 2.24) is 4.90 Å². The fourth-order valence-electron chi connectivity index (χ4n) is 3.11. The van der Waals surface area contributed by atoms with E-state index in [1.165, 1.54) is 0 Å². The summed E-state index contributed by atoms with van der Waals surface area (Å²) < 4.78 is 0. The molecule has 4 nitrogen and oxygen atoms in total. The van der Waals surface area contributed by atoms with E-state index in [2.05, 4.69) is 0 Å².